The summed E-state index contributed by atoms with van der Waals surface area (Å²) in [7, 11) is 0. The normalized spacial score (nSPS) is 17.9. The van der Waals surface area contributed by atoms with Gasteiger partial charge in [-0.1, -0.05) is 78.4 Å². The fourth-order valence-corrected chi connectivity index (χ4v) is 5.22. The van der Waals surface area contributed by atoms with Crippen molar-refractivity contribution < 1.29 is 29.0 Å². The van der Waals surface area contributed by atoms with E-state index >= 15 is 0 Å². The second-order valence-electron chi connectivity index (χ2n) is 10.9. The Balaban J connectivity index is 2.00. The van der Waals surface area contributed by atoms with E-state index in [1.165, 1.54) is 0 Å². The third-order valence-corrected chi connectivity index (χ3v) is 7.02. The standard InChI is InChI=1S/C29H40O6/c1-5-6-7-11-17-34-22-16-12-15-20-23(19-13-9-8-10-14-19)21(25(30)26(31)24(20)22)18-35-27(28(32)33)29(2,3)4/h12,15-16,19,27H,5-11,13-14,17-18H2,1-4H3,(H,32,33). The third kappa shape index (κ3) is 6.40. The van der Waals surface area contributed by atoms with Crippen molar-refractivity contribution in [2.75, 3.05) is 13.2 Å². The maximum Gasteiger partial charge on any atom is 0.333 e. The second-order valence-corrected chi connectivity index (χ2v) is 10.9. The van der Waals surface area contributed by atoms with Gasteiger partial charge in [0.1, 0.15) is 5.75 Å². The molecular weight excluding hydrogens is 444 g/mol. The Hall–Kier alpha value is -2.47. The van der Waals surface area contributed by atoms with Crippen molar-refractivity contribution in [1.29, 1.82) is 0 Å². The first-order valence-corrected chi connectivity index (χ1v) is 13.1. The summed E-state index contributed by atoms with van der Waals surface area (Å²) < 4.78 is 11.8. The number of unbranched alkanes of at least 4 members (excludes halogenated alkanes) is 3. The first-order valence-electron chi connectivity index (χ1n) is 13.1. The van der Waals surface area contributed by atoms with Gasteiger partial charge in [0.2, 0.25) is 11.6 Å². The van der Waals surface area contributed by atoms with Crippen molar-refractivity contribution >= 4 is 23.1 Å². The van der Waals surface area contributed by atoms with Gasteiger partial charge in [-0.15, -0.1) is 0 Å². The van der Waals surface area contributed by atoms with E-state index in [9.17, 15) is 19.5 Å². The van der Waals surface area contributed by atoms with Gasteiger partial charge in [0, 0.05) is 5.57 Å². The van der Waals surface area contributed by atoms with Gasteiger partial charge in [0.15, 0.2) is 6.10 Å². The smallest absolute Gasteiger partial charge is 0.333 e. The summed E-state index contributed by atoms with van der Waals surface area (Å²) in [6.45, 7) is 7.83. The molecule has 1 N–H and O–H groups in total. The number of rotatable bonds is 11. The third-order valence-electron chi connectivity index (χ3n) is 7.02. The Morgan fingerprint density at radius 3 is 2.40 bits per heavy atom. The van der Waals surface area contributed by atoms with Gasteiger partial charge < -0.3 is 14.6 Å². The summed E-state index contributed by atoms with van der Waals surface area (Å²) in [5.74, 6) is -1.67. The van der Waals surface area contributed by atoms with Crippen molar-refractivity contribution in [1.82, 2.24) is 0 Å². The fraction of sp³-hybridized carbons (Fsp3) is 0.621. The Kier molecular flexibility index (Phi) is 9.28. The van der Waals surface area contributed by atoms with Gasteiger partial charge in [-0.2, -0.15) is 0 Å². The van der Waals surface area contributed by atoms with Crippen molar-refractivity contribution in [3.05, 3.63) is 34.9 Å². The van der Waals surface area contributed by atoms with Crippen LogP contribution in [0.3, 0.4) is 0 Å². The minimum absolute atomic E-state index is 0.135. The zero-order valence-electron chi connectivity index (χ0n) is 21.7. The summed E-state index contributed by atoms with van der Waals surface area (Å²) in [6, 6.07) is 5.54. The quantitative estimate of drug-likeness (QED) is 0.294. The molecule has 35 heavy (non-hydrogen) atoms. The van der Waals surface area contributed by atoms with Crippen LogP contribution in [0.1, 0.15) is 101 Å². The molecule has 192 valence electrons. The molecule has 1 saturated carbocycles. The molecule has 0 heterocycles. The van der Waals surface area contributed by atoms with E-state index in [1.54, 1.807) is 26.8 Å². The maximum atomic E-state index is 13.5. The van der Waals surface area contributed by atoms with Gasteiger partial charge in [-0.05, 0) is 47.8 Å². The molecule has 6 heteroatoms. The predicted molar refractivity (Wildman–Crippen MR) is 136 cm³/mol. The molecule has 1 aromatic rings. The molecule has 2 aliphatic rings. The molecule has 0 spiro atoms. The number of carboxylic acids is 1. The highest BCUT2D eigenvalue weighted by Crippen LogP contribution is 2.44. The number of Topliss-reactive ketones (excluding diaryl/α,β-unsaturated/α-hetero) is 2. The summed E-state index contributed by atoms with van der Waals surface area (Å²) in [5.41, 5.74) is 1.59. The lowest BCUT2D eigenvalue weighted by Gasteiger charge is -2.32. The minimum atomic E-state index is -1.09. The molecule has 0 bridgehead atoms. The van der Waals surface area contributed by atoms with Crippen LogP contribution in [0.25, 0.3) is 5.57 Å². The highest BCUT2D eigenvalue weighted by atomic mass is 16.5. The van der Waals surface area contributed by atoms with E-state index in [0.29, 0.717) is 23.5 Å². The monoisotopic (exact) mass is 484 g/mol. The molecule has 1 aromatic carbocycles. The number of hydrogen-bond donors (Lipinski definition) is 1. The number of allylic oxidation sites excluding steroid dienone is 1. The molecule has 0 aliphatic heterocycles. The Bertz CT molecular complexity index is 962. The number of aliphatic carboxylic acids is 1. The van der Waals surface area contributed by atoms with Crippen molar-refractivity contribution in [3.8, 4) is 5.75 Å². The number of benzene rings is 1. The summed E-state index contributed by atoms with van der Waals surface area (Å²) in [6.07, 6.45) is 8.28. The van der Waals surface area contributed by atoms with E-state index in [0.717, 1.165) is 68.9 Å². The molecule has 2 aliphatic carbocycles. The largest absolute Gasteiger partial charge is 0.493 e. The molecule has 1 fully saturated rings. The topological polar surface area (TPSA) is 89.9 Å². The molecule has 6 nitrogen and oxygen atoms in total. The lowest BCUT2D eigenvalue weighted by Crippen LogP contribution is -2.39. The van der Waals surface area contributed by atoms with Crippen LogP contribution < -0.4 is 4.74 Å². The predicted octanol–water partition coefficient (Wildman–Crippen LogP) is 6.26. The highest BCUT2D eigenvalue weighted by Gasteiger charge is 2.40. The molecule has 1 atom stereocenters. The number of hydrogen-bond acceptors (Lipinski definition) is 5. The zero-order valence-corrected chi connectivity index (χ0v) is 21.7. The van der Waals surface area contributed by atoms with E-state index in [1.807, 2.05) is 12.1 Å². The fourth-order valence-electron chi connectivity index (χ4n) is 5.22. The highest BCUT2D eigenvalue weighted by molar-refractivity contribution is 6.53. The van der Waals surface area contributed by atoms with Crippen molar-refractivity contribution in [3.63, 3.8) is 0 Å². The van der Waals surface area contributed by atoms with Crippen LogP contribution in [0, 0.1) is 11.3 Å². The Morgan fingerprint density at radius 2 is 1.77 bits per heavy atom. The summed E-state index contributed by atoms with van der Waals surface area (Å²) >= 11 is 0. The maximum absolute atomic E-state index is 13.5. The molecule has 1 unspecified atom stereocenters. The summed E-state index contributed by atoms with van der Waals surface area (Å²) in [4.78, 5) is 38.6. The average molecular weight is 485 g/mol. The first-order chi connectivity index (χ1) is 16.7. The van der Waals surface area contributed by atoms with Crippen LogP contribution in [-0.4, -0.2) is 42.0 Å². The molecule has 0 radical (unpaired) electrons. The first kappa shape index (κ1) is 27.1. The SMILES string of the molecule is CCCCCCOc1cccc2c1C(=O)C(=O)C(COC(C(=O)O)C(C)(C)C)=C2C1CCCCC1. The molecule has 0 aromatic heterocycles. The van der Waals surface area contributed by atoms with Crippen LogP contribution in [-0.2, 0) is 14.3 Å². The number of ketones is 2. The van der Waals surface area contributed by atoms with Gasteiger partial charge in [0.25, 0.3) is 0 Å². The zero-order chi connectivity index (χ0) is 25.6. The van der Waals surface area contributed by atoms with E-state index in [4.69, 9.17) is 9.47 Å². The number of carbonyl (C=O) groups is 3. The lowest BCUT2D eigenvalue weighted by atomic mass is 9.73. The van der Waals surface area contributed by atoms with Gasteiger partial charge >= 0.3 is 5.97 Å². The Morgan fingerprint density at radius 1 is 1.06 bits per heavy atom. The molecule has 0 saturated heterocycles. The Labute approximate surface area is 209 Å². The second kappa shape index (κ2) is 12.0. The van der Waals surface area contributed by atoms with E-state index < -0.39 is 29.1 Å². The average Bonchev–Trinajstić information content (AvgIpc) is 2.81. The number of carbonyl (C=O) groups excluding carboxylic acids is 2. The van der Waals surface area contributed by atoms with Crippen LogP contribution in [0.4, 0.5) is 0 Å². The lowest BCUT2D eigenvalue weighted by molar-refractivity contribution is -0.157. The van der Waals surface area contributed by atoms with E-state index in [-0.39, 0.29) is 12.5 Å². The van der Waals surface area contributed by atoms with Crippen molar-refractivity contribution in [2.45, 2.75) is 91.6 Å². The van der Waals surface area contributed by atoms with Crippen LogP contribution in [0.15, 0.2) is 23.8 Å². The van der Waals surface area contributed by atoms with Gasteiger partial charge in [-0.3, -0.25) is 9.59 Å². The van der Waals surface area contributed by atoms with Gasteiger partial charge in [0.05, 0.1) is 18.8 Å². The van der Waals surface area contributed by atoms with Crippen molar-refractivity contribution in [2.24, 2.45) is 11.3 Å². The minimum Gasteiger partial charge on any atom is -0.493 e. The van der Waals surface area contributed by atoms with Crippen LogP contribution in [0.5, 0.6) is 5.75 Å². The summed E-state index contributed by atoms with van der Waals surface area (Å²) in [5, 5.41) is 9.69. The van der Waals surface area contributed by atoms with Crippen LogP contribution in [0.2, 0.25) is 0 Å². The molecular formula is C29H40O6. The van der Waals surface area contributed by atoms with E-state index in [2.05, 4.69) is 6.92 Å². The van der Waals surface area contributed by atoms with Gasteiger partial charge in [-0.25, -0.2) is 4.79 Å². The molecule has 3 rings (SSSR count). The van der Waals surface area contributed by atoms with Crippen LogP contribution >= 0.6 is 0 Å². The number of carboxylic acid groups (broad SMARTS) is 1. The number of ether oxygens (including phenoxy) is 2. The number of fused-ring (bicyclic) bond motifs is 1. The molecule has 0 amide bonds.